The van der Waals surface area contributed by atoms with Gasteiger partial charge in [0.15, 0.2) is 0 Å². The molecule has 0 aliphatic heterocycles. The molecule has 0 amide bonds. The van der Waals surface area contributed by atoms with Gasteiger partial charge in [-0.1, -0.05) is 12.1 Å². The van der Waals surface area contributed by atoms with Crippen LogP contribution in [0, 0.1) is 20.8 Å². The molecule has 0 spiro atoms. The summed E-state index contributed by atoms with van der Waals surface area (Å²) in [5.41, 5.74) is 14.0. The highest BCUT2D eigenvalue weighted by atomic mass is 15.0. The Kier molecular flexibility index (Phi) is 3.52. The van der Waals surface area contributed by atoms with E-state index in [0.29, 0.717) is 6.54 Å². The van der Waals surface area contributed by atoms with Crippen molar-refractivity contribution < 1.29 is 0 Å². The maximum atomic E-state index is 5.76. The van der Waals surface area contributed by atoms with Crippen molar-refractivity contribution in [3.8, 4) is 11.3 Å². The van der Waals surface area contributed by atoms with Gasteiger partial charge in [0.05, 0.1) is 11.4 Å². The fourth-order valence-electron chi connectivity index (χ4n) is 2.70. The molecule has 0 radical (unpaired) electrons. The second-order valence-corrected chi connectivity index (χ2v) is 5.68. The number of nitrogens with two attached hydrogens (primary N) is 1. The maximum absolute atomic E-state index is 5.76. The van der Waals surface area contributed by atoms with Crippen LogP contribution in [0.4, 0.5) is 0 Å². The first kappa shape index (κ1) is 13.8. The number of imidazole rings is 1. The van der Waals surface area contributed by atoms with Gasteiger partial charge in [0.2, 0.25) is 0 Å². The summed E-state index contributed by atoms with van der Waals surface area (Å²) in [4.78, 5) is 4.77. The van der Waals surface area contributed by atoms with Gasteiger partial charge in [0, 0.05) is 18.2 Å². The van der Waals surface area contributed by atoms with Gasteiger partial charge < -0.3 is 5.73 Å². The lowest BCUT2D eigenvalue weighted by Gasteiger charge is -2.08. The Morgan fingerprint density at radius 2 is 1.86 bits per heavy atom. The fraction of sp³-hybridized carbons (Fsp3) is 0.278. The highest BCUT2D eigenvalue weighted by Crippen LogP contribution is 2.27. The first-order valence-electron chi connectivity index (χ1n) is 7.35. The molecule has 108 valence electrons. The molecule has 1 aromatic carbocycles. The van der Waals surface area contributed by atoms with Crippen LogP contribution in [-0.4, -0.2) is 15.9 Å². The van der Waals surface area contributed by atoms with Crippen molar-refractivity contribution in [2.75, 3.05) is 6.54 Å². The molecule has 2 heterocycles. The van der Waals surface area contributed by atoms with Gasteiger partial charge >= 0.3 is 0 Å². The van der Waals surface area contributed by atoms with Crippen LogP contribution in [-0.2, 0) is 6.42 Å². The molecule has 0 fully saturated rings. The molecule has 0 saturated heterocycles. The SMILES string of the molecule is Cc1ccn2c(-c3ccc(C)c(C)c3)c(CCN)nc2c1. The molecule has 0 unspecified atom stereocenters. The van der Waals surface area contributed by atoms with Crippen LogP contribution in [0.25, 0.3) is 16.9 Å². The molecule has 0 bridgehead atoms. The van der Waals surface area contributed by atoms with Gasteiger partial charge in [0.1, 0.15) is 5.65 Å². The minimum atomic E-state index is 0.612. The van der Waals surface area contributed by atoms with Crippen molar-refractivity contribution in [3.63, 3.8) is 0 Å². The van der Waals surface area contributed by atoms with E-state index in [1.165, 1.54) is 27.9 Å². The van der Waals surface area contributed by atoms with Gasteiger partial charge in [0.25, 0.3) is 0 Å². The molecule has 2 aromatic heterocycles. The largest absolute Gasteiger partial charge is 0.330 e. The van der Waals surface area contributed by atoms with Crippen LogP contribution in [0.3, 0.4) is 0 Å². The smallest absolute Gasteiger partial charge is 0.137 e. The average Bonchev–Trinajstić information content (AvgIpc) is 2.79. The summed E-state index contributed by atoms with van der Waals surface area (Å²) in [5.74, 6) is 0. The zero-order valence-corrected chi connectivity index (χ0v) is 12.9. The quantitative estimate of drug-likeness (QED) is 0.798. The lowest BCUT2D eigenvalue weighted by Crippen LogP contribution is -2.04. The summed E-state index contributed by atoms with van der Waals surface area (Å²) >= 11 is 0. The van der Waals surface area contributed by atoms with E-state index in [2.05, 4.69) is 61.7 Å². The lowest BCUT2D eigenvalue weighted by molar-refractivity contribution is 0.939. The Labute approximate surface area is 125 Å². The van der Waals surface area contributed by atoms with Crippen LogP contribution >= 0.6 is 0 Å². The summed E-state index contributed by atoms with van der Waals surface area (Å²) in [6, 6.07) is 10.8. The molecule has 0 aliphatic rings. The van der Waals surface area contributed by atoms with E-state index in [1.807, 2.05) is 0 Å². The fourth-order valence-corrected chi connectivity index (χ4v) is 2.70. The summed E-state index contributed by atoms with van der Waals surface area (Å²) < 4.78 is 2.17. The third-order valence-corrected chi connectivity index (χ3v) is 4.02. The van der Waals surface area contributed by atoms with Crippen LogP contribution < -0.4 is 5.73 Å². The highest BCUT2D eigenvalue weighted by Gasteiger charge is 2.14. The molecule has 3 rings (SSSR count). The van der Waals surface area contributed by atoms with Crippen LogP contribution in [0.5, 0.6) is 0 Å². The Bertz CT molecular complexity index is 800. The van der Waals surface area contributed by atoms with E-state index in [1.54, 1.807) is 0 Å². The molecule has 2 N–H and O–H groups in total. The van der Waals surface area contributed by atoms with Crippen molar-refractivity contribution in [3.05, 3.63) is 58.9 Å². The molecular formula is C18H21N3. The normalized spacial score (nSPS) is 11.2. The van der Waals surface area contributed by atoms with Crippen LogP contribution in [0.15, 0.2) is 36.5 Å². The van der Waals surface area contributed by atoms with E-state index >= 15 is 0 Å². The van der Waals surface area contributed by atoms with Gasteiger partial charge in [-0.3, -0.25) is 4.40 Å². The standard InChI is InChI=1S/C18H21N3/c1-12-7-9-21-17(10-12)20-16(6-8-19)18(21)15-5-4-13(2)14(3)11-15/h4-5,7,9-11H,6,8,19H2,1-3H3. The van der Waals surface area contributed by atoms with E-state index in [9.17, 15) is 0 Å². The number of pyridine rings is 1. The van der Waals surface area contributed by atoms with Crippen molar-refractivity contribution in [1.82, 2.24) is 9.38 Å². The van der Waals surface area contributed by atoms with Crippen molar-refractivity contribution in [2.45, 2.75) is 27.2 Å². The summed E-state index contributed by atoms with van der Waals surface area (Å²) in [6.07, 6.45) is 2.89. The van der Waals surface area contributed by atoms with Gasteiger partial charge in [-0.05, 0) is 62.2 Å². The Morgan fingerprint density at radius 1 is 1.05 bits per heavy atom. The summed E-state index contributed by atoms with van der Waals surface area (Å²) in [5, 5.41) is 0. The monoisotopic (exact) mass is 279 g/mol. The topological polar surface area (TPSA) is 43.3 Å². The Morgan fingerprint density at radius 3 is 2.57 bits per heavy atom. The van der Waals surface area contributed by atoms with E-state index in [0.717, 1.165) is 17.8 Å². The Hall–Kier alpha value is -2.13. The predicted molar refractivity (Wildman–Crippen MR) is 87.6 cm³/mol. The second kappa shape index (κ2) is 5.34. The summed E-state index contributed by atoms with van der Waals surface area (Å²) in [7, 11) is 0. The number of benzene rings is 1. The first-order valence-corrected chi connectivity index (χ1v) is 7.35. The van der Waals surface area contributed by atoms with Gasteiger partial charge in [-0.15, -0.1) is 0 Å². The number of aryl methyl sites for hydroxylation is 3. The molecule has 0 atom stereocenters. The number of hydrogen-bond donors (Lipinski definition) is 1. The summed E-state index contributed by atoms with van der Waals surface area (Å²) in [6.45, 7) is 6.99. The highest BCUT2D eigenvalue weighted by molar-refractivity contribution is 5.68. The third-order valence-electron chi connectivity index (χ3n) is 4.02. The molecule has 0 aliphatic carbocycles. The maximum Gasteiger partial charge on any atom is 0.137 e. The molecule has 0 saturated carbocycles. The van der Waals surface area contributed by atoms with Gasteiger partial charge in [-0.25, -0.2) is 4.98 Å². The second-order valence-electron chi connectivity index (χ2n) is 5.68. The Balaban J connectivity index is 2.27. The predicted octanol–water partition coefficient (Wildman–Crippen LogP) is 3.43. The number of aromatic nitrogens is 2. The molecular weight excluding hydrogens is 258 g/mol. The molecule has 21 heavy (non-hydrogen) atoms. The van der Waals surface area contributed by atoms with E-state index in [4.69, 9.17) is 10.7 Å². The van der Waals surface area contributed by atoms with Crippen LogP contribution in [0.1, 0.15) is 22.4 Å². The van der Waals surface area contributed by atoms with E-state index in [-0.39, 0.29) is 0 Å². The van der Waals surface area contributed by atoms with Crippen LogP contribution in [0.2, 0.25) is 0 Å². The minimum absolute atomic E-state index is 0.612. The van der Waals surface area contributed by atoms with Gasteiger partial charge in [-0.2, -0.15) is 0 Å². The van der Waals surface area contributed by atoms with Crippen molar-refractivity contribution >= 4 is 5.65 Å². The molecule has 3 nitrogen and oxygen atoms in total. The zero-order chi connectivity index (χ0) is 15.0. The lowest BCUT2D eigenvalue weighted by atomic mass is 10.0. The molecule has 3 aromatic rings. The van der Waals surface area contributed by atoms with E-state index < -0.39 is 0 Å². The number of hydrogen-bond acceptors (Lipinski definition) is 2. The molecule has 3 heteroatoms. The number of rotatable bonds is 3. The van der Waals surface area contributed by atoms with Crippen molar-refractivity contribution in [2.24, 2.45) is 5.73 Å². The number of nitrogens with zero attached hydrogens (tertiary/aromatic N) is 2. The third kappa shape index (κ3) is 2.45. The number of fused-ring (bicyclic) bond motifs is 1. The zero-order valence-electron chi connectivity index (χ0n) is 12.9. The average molecular weight is 279 g/mol. The minimum Gasteiger partial charge on any atom is -0.330 e. The van der Waals surface area contributed by atoms with Crippen molar-refractivity contribution in [1.29, 1.82) is 0 Å². The first-order chi connectivity index (χ1) is 10.1.